The van der Waals surface area contributed by atoms with Gasteiger partial charge in [0, 0.05) is 36.4 Å². The molecule has 0 atom stereocenters. The normalized spacial score (nSPS) is 11.2. The third-order valence-electron chi connectivity index (χ3n) is 7.31. The van der Waals surface area contributed by atoms with Gasteiger partial charge in [-0.05, 0) is 83.6 Å². The lowest BCUT2D eigenvalue weighted by Crippen LogP contribution is -2.00. The van der Waals surface area contributed by atoms with Crippen LogP contribution >= 0.6 is 0 Å². The van der Waals surface area contributed by atoms with E-state index in [0.717, 1.165) is 66.6 Å². The van der Waals surface area contributed by atoms with Gasteiger partial charge in [-0.15, -0.1) is 0 Å². The number of aromatic nitrogens is 2. The number of benzene rings is 4. The quantitative estimate of drug-likeness (QED) is 0.167. The molecule has 2 aromatic heterocycles. The number of pyridine rings is 2. The maximum absolute atomic E-state index is 5.78. The molecule has 0 aliphatic carbocycles. The van der Waals surface area contributed by atoms with Crippen molar-refractivity contribution in [2.24, 2.45) is 0 Å². The van der Waals surface area contributed by atoms with Crippen molar-refractivity contribution in [1.29, 1.82) is 0 Å². The fourth-order valence-corrected chi connectivity index (χ4v) is 5.24. The van der Waals surface area contributed by atoms with Crippen LogP contribution in [0.15, 0.2) is 97.1 Å². The van der Waals surface area contributed by atoms with Gasteiger partial charge in [0.15, 0.2) is 13.6 Å². The first kappa shape index (κ1) is 27.4. The minimum absolute atomic E-state index is 0.179. The Hall–Kier alpha value is -4.78. The Morgan fingerprint density at radius 3 is 1.21 bits per heavy atom. The van der Waals surface area contributed by atoms with Crippen molar-refractivity contribution in [1.82, 2.24) is 9.97 Å². The Kier molecular flexibility index (Phi) is 7.82. The van der Waals surface area contributed by atoms with E-state index in [-0.39, 0.29) is 13.6 Å². The number of hydrogen-bond acceptors (Lipinski definition) is 6. The SMILES string of the molecule is COCOc1ccc(-c2ccc(-c3ccc(-c4ccc(OCOC)c5nc(C)ccc45)cc3)cc2)c2ccc(C)nc12. The third kappa shape index (κ3) is 5.42. The summed E-state index contributed by atoms with van der Waals surface area (Å²) in [5.74, 6) is 1.43. The van der Waals surface area contributed by atoms with Crippen molar-refractivity contribution >= 4 is 21.8 Å². The molecule has 42 heavy (non-hydrogen) atoms. The molecule has 2 heterocycles. The average molecular weight is 557 g/mol. The molecule has 0 saturated carbocycles. The van der Waals surface area contributed by atoms with E-state index in [1.54, 1.807) is 14.2 Å². The first-order valence-electron chi connectivity index (χ1n) is 13.8. The van der Waals surface area contributed by atoms with E-state index in [1.165, 1.54) is 0 Å². The largest absolute Gasteiger partial charge is 0.465 e. The van der Waals surface area contributed by atoms with Gasteiger partial charge >= 0.3 is 0 Å². The highest BCUT2D eigenvalue weighted by Gasteiger charge is 2.13. The van der Waals surface area contributed by atoms with Gasteiger partial charge < -0.3 is 18.9 Å². The fraction of sp³-hybridized carbons (Fsp3) is 0.167. The highest BCUT2D eigenvalue weighted by molar-refractivity contribution is 5.99. The average Bonchev–Trinajstić information content (AvgIpc) is 3.02. The molecule has 0 radical (unpaired) electrons. The zero-order chi connectivity index (χ0) is 29.1. The van der Waals surface area contributed by atoms with E-state index in [2.05, 4.69) is 72.8 Å². The second-order valence-corrected chi connectivity index (χ2v) is 10.2. The molecule has 6 rings (SSSR count). The predicted molar refractivity (Wildman–Crippen MR) is 168 cm³/mol. The monoisotopic (exact) mass is 556 g/mol. The molecule has 4 aromatic carbocycles. The molecule has 0 aliphatic rings. The van der Waals surface area contributed by atoms with Crippen LogP contribution in [0.2, 0.25) is 0 Å². The van der Waals surface area contributed by atoms with Crippen molar-refractivity contribution in [2.75, 3.05) is 27.8 Å². The van der Waals surface area contributed by atoms with Crippen LogP contribution in [0.4, 0.5) is 0 Å². The number of hydrogen-bond donors (Lipinski definition) is 0. The van der Waals surface area contributed by atoms with E-state index < -0.39 is 0 Å². The zero-order valence-electron chi connectivity index (χ0n) is 24.2. The molecule has 0 N–H and O–H groups in total. The molecule has 0 bridgehead atoms. The number of ether oxygens (including phenoxy) is 4. The highest BCUT2D eigenvalue weighted by atomic mass is 16.7. The van der Waals surface area contributed by atoms with Gasteiger partial charge in [-0.2, -0.15) is 0 Å². The van der Waals surface area contributed by atoms with Crippen LogP contribution in [0.1, 0.15) is 11.4 Å². The van der Waals surface area contributed by atoms with Crippen LogP contribution in [0, 0.1) is 13.8 Å². The summed E-state index contributed by atoms with van der Waals surface area (Å²) in [4.78, 5) is 9.51. The van der Waals surface area contributed by atoms with Crippen molar-refractivity contribution in [3.63, 3.8) is 0 Å². The van der Waals surface area contributed by atoms with Gasteiger partial charge in [0.2, 0.25) is 0 Å². The van der Waals surface area contributed by atoms with E-state index >= 15 is 0 Å². The lowest BCUT2D eigenvalue weighted by atomic mass is 9.95. The Morgan fingerprint density at radius 1 is 0.452 bits per heavy atom. The molecule has 6 aromatic rings. The summed E-state index contributed by atoms with van der Waals surface area (Å²) in [6.45, 7) is 4.33. The van der Waals surface area contributed by atoms with Crippen LogP contribution in [0.5, 0.6) is 11.5 Å². The molecule has 0 spiro atoms. The van der Waals surface area contributed by atoms with Crippen LogP contribution < -0.4 is 9.47 Å². The molecular weight excluding hydrogens is 524 g/mol. The van der Waals surface area contributed by atoms with Crippen LogP contribution in [0.25, 0.3) is 55.2 Å². The molecule has 0 aliphatic heterocycles. The standard InChI is InChI=1S/C36H32N2O4/c1-23-5-15-31-29(17-19-33(35(31)37-23)41-21-39-3)27-11-7-25(8-12-27)26-9-13-28(14-10-26)30-18-20-34(42-22-40-4)36-32(30)16-6-24(2)38-36/h5-20H,21-22H2,1-4H3. The Bertz CT molecular complexity index is 1730. The maximum atomic E-state index is 5.78. The van der Waals surface area contributed by atoms with Crippen LogP contribution in [-0.4, -0.2) is 37.8 Å². The number of rotatable bonds is 9. The van der Waals surface area contributed by atoms with Gasteiger partial charge in [0.25, 0.3) is 0 Å². The highest BCUT2D eigenvalue weighted by Crippen LogP contribution is 2.37. The fourth-order valence-electron chi connectivity index (χ4n) is 5.24. The molecule has 6 heteroatoms. The summed E-state index contributed by atoms with van der Waals surface area (Å²) in [6.07, 6.45) is 0. The number of fused-ring (bicyclic) bond motifs is 2. The van der Waals surface area contributed by atoms with Gasteiger partial charge in [-0.3, -0.25) is 0 Å². The Morgan fingerprint density at radius 2 is 0.833 bits per heavy atom. The third-order valence-corrected chi connectivity index (χ3v) is 7.31. The predicted octanol–water partition coefficient (Wildman–Crippen LogP) is 8.37. The number of methoxy groups -OCH3 is 2. The lowest BCUT2D eigenvalue weighted by Gasteiger charge is -2.13. The molecule has 0 amide bonds. The Labute approximate surface area is 245 Å². The summed E-state index contributed by atoms with van der Waals surface area (Å²) in [6, 6.07) is 33.7. The topological polar surface area (TPSA) is 62.7 Å². The molecule has 0 saturated heterocycles. The second kappa shape index (κ2) is 12.0. The van der Waals surface area contributed by atoms with E-state index in [1.807, 2.05) is 38.1 Å². The van der Waals surface area contributed by atoms with Gasteiger partial charge in [0.1, 0.15) is 22.5 Å². The van der Waals surface area contributed by atoms with Crippen molar-refractivity contribution < 1.29 is 18.9 Å². The number of aryl methyl sites for hydroxylation is 2. The minimum Gasteiger partial charge on any atom is -0.465 e. The summed E-state index contributed by atoms with van der Waals surface area (Å²) < 4.78 is 21.8. The van der Waals surface area contributed by atoms with E-state index in [9.17, 15) is 0 Å². The summed E-state index contributed by atoms with van der Waals surface area (Å²) >= 11 is 0. The number of nitrogens with zero attached hydrogens (tertiary/aromatic N) is 2. The van der Waals surface area contributed by atoms with Gasteiger partial charge in [-0.1, -0.05) is 60.7 Å². The summed E-state index contributed by atoms with van der Waals surface area (Å²) in [7, 11) is 3.23. The van der Waals surface area contributed by atoms with Gasteiger partial charge in [-0.25, -0.2) is 9.97 Å². The zero-order valence-corrected chi connectivity index (χ0v) is 24.2. The van der Waals surface area contributed by atoms with Crippen LogP contribution in [0.3, 0.4) is 0 Å². The molecule has 0 fully saturated rings. The molecular formula is C36H32N2O4. The second-order valence-electron chi connectivity index (χ2n) is 10.2. The maximum Gasteiger partial charge on any atom is 0.188 e. The van der Waals surface area contributed by atoms with E-state index in [0.29, 0.717) is 11.5 Å². The molecule has 6 nitrogen and oxygen atoms in total. The Balaban J connectivity index is 1.30. The lowest BCUT2D eigenvalue weighted by molar-refractivity contribution is 0.0519. The minimum atomic E-state index is 0.179. The van der Waals surface area contributed by atoms with Crippen LogP contribution in [-0.2, 0) is 9.47 Å². The first-order valence-corrected chi connectivity index (χ1v) is 13.8. The molecule has 210 valence electrons. The van der Waals surface area contributed by atoms with Crippen molar-refractivity contribution in [3.05, 3.63) is 108 Å². The van der Waals surface area contributed by atoms with Crippen molar-refractivity contribution in [3.8, 4) is 44.9 Å². The first-order chi connectivity index (χ1) is 20.6. The summed E-state index contributed by atoms with van der Waals surface area (Å²) in [5, 5.41) is 2.09. The molecule has 0 unspecified atom stereocenters. The van der Waals surface area contributed by atoms with Crippen molar-refractivity contribution in [2.45, 2.75) is 13.8 Å². The smallest absolute Gasteiger partial charge is 0.188 e. The van der Waals surface area contributed by atoms with Gasteiger partial charge in [0.05, 0.1) is 0 Å². The summed E-state index contributed by atoms with van der Waals surface area (Å²) in [5.41, 5.74) is 10.3. The van der Waals surface area contributed by atoms with E-state index in [4.69, 9.17) is 28.9 Å².